The monoisotopic (exact) mass is 226 g/mol. The molecular weight excluding hydrogens is 208 g/mol. The van der Waals surface area contributed by atoms with Crippen LogP contribution in [0.2, 0.25) is 0 Å². The maximum atomic E-state index is 5.42. The molecule has 84 valence electrons. The molecule has 0 saturated heterocycles. The van der Waals surface area contributed by atoms with Crippen LogP contribution in [-0.2, 0) is 6.42 Å². The molecule has 0 aromatic carbocycles. The molecule has 0 radical (unpaired) electrons. The summed E-state index contributed by atoms with van der Waals surface area (Å²) in [5, 5.41) is 1.53. The van der Waals surface area contributed by atoms with Gasteiger partial charge >= 0.3 is 0 Å². The number of nitrogens with zero attached hydrogens (tertiary/aromatic N) is 2. The smallest absolute Gasteiger partial charge is 0.147 e. The van der Waals surface area contributed by atoms with Crippen LogP contribution in [0.15, 0.2) is 5.03 Å². The number of hydrazine groups is 1. The Morgan fingerprint density at radius 2 is 2.07 bits per heavy atom. The molecule has 0 aliphatic heterocycles. The van der Waals surface area contributed by atoms with Gasteiger partial charge in [0.2, 0.25) is 0 Å². The summed E-state index contributed by atoms with van der Waals surface area (Å²) in [5.74, 6) is 6.98. The fraction of sp³-hybridized carbons (Fsp3) is 0.600. The van der Waals surface area contributed by atoms with Crippen LogP contribution in [0.5, 0.6) is 0 Å². The van der Waals surface area contributed by atoms with Crippen molar-refractivity contribution in [3.63, 3.8) is 0 Å². The second kappa shape index (κ2) is 5.32. The SMILES string of the molecule is CCc1nc(NN)c(C)c(SC(C)C)n1. The number of nitrogen functional groups attached to an aromatic ring is 1. The molecule has 1 rings (SSSR count). The molecule has 5 heteroatoms. The van der Waals surface area contributed by atoms with Crippen LogP contribution in [-0.4, -0.2) is 15.2 Å². The first-order valence-electron chi connectivity index (χ1n) is 5.09. The highest BCUT2D eigenvalue weighted by Crippen LogP contribution is 2.27. The van der Waals surface area contributed by atoms with Gasteiger partial charge in [0.05, 0.1) is 0 Å². The highest BCUT2D eigenvalue weighted by Gasteiger charge is 2.11. The van der Waals surface area contributed by atoms with E-state index >= 15 is 0 Å². The summed E-state index contributed by atoms with van der Waals surface area (Å²) in [6.07, 6.45) is 0.820. The van der Waals surface area contributed by atoms with Crippen molar-refractivity contribution < 1.29 is 0 Å². The van der Waals surface area contributed by atoms with Gasteiger partial charge < -0.3 is 5.43 Å². The molecule has 0 bridgehead atoms. The van der Waals surface area contributed by atoms with Crippen LogP contribution in [0, 0.1) is 6.92 Å². The molecular formula is C10H18N4S. The van der Waals surface area contributed by atoms with Crippen molar-refractivity contribution in [2.75, 3.05) is 5.43 Å². The van der Waals surface area contributed by atoms with Gasteiger partial charge in [0.15, 0.2) is 0 Å². The first-order valence-corrected chi connectivity index (χ1v) is 5.97. The summed E-state index contributed by atoms with van der Waals surface area (Å²) < 4.78 is 0. The average Bonchev–Trinajstić information content (AvgIpc) is 2.20. The summed E-state index contributed by atoms with van der Waals surface area (Å²) in [6.45, 7) is 8.31. The second-order valence-corrected chi connectivity index (χ2v) is 5.15. The number of anilines is 1. The molecule has 1 heterocycles. The number of nitrogens with two attached hydrogens (primary N) is 1. The molecule has 15 heavy (non-hydrogen) atoms. The van der Waals surface area contributed by atoms with E-state index in [4.69, 9.17) is 5.84 Å². The molecule has 0 fully saturated rings. The fourth-order valence-corrected chi connectivity index (χ4v) is 2.05. The van der Waals surface area contributed by atoms with Gasteiger partial charge in [-0.05, 0) is 6.92 Å². The Morgan fingerprint density at radius 3 is 2.53 bits per heavy atom. The fourth-order valence-electron chi connectivity index (χ4n) is 1.18. The third kappa shape index (κ3) is 3.07. The zero-order valence-electron chi connectivity index (χ0n) is 9.66. The molecule has 1 aromatic rings. The largest absolute Gasteiger partial charge is 0.308 e. The van der Waals surface area contributed by atoms with E-state index in [1.165, 1.54) is 0 Å². The lowest BCUT2D eigenvalue weighted by atomic mass is 10.3. The quantitative estimate of drug-likeness (QED) is 0.356. The predicted octanol–water partition coefficient (Wildman–Crippen LogP) is 2.13. The van der Waals surface area contributed by atoms with Gasteiger partial charge in [-0.3, -0.25) is 0 Å². The molecule has 0 unspecified atom stereocenters. The van der Waals surface area contributed by atoms with Gasteiger partial charge in [-0.1, -0.05) is 20.8 Å². The standard InChI is InChI=1S/C10H18N4S/c1-5-8-12-9(14-11)7(4)10(13-8)15-6(2)3/h6H,5,11H2,1-4H3,(H,12,13,14). The lowest BCUT2D eigenvalue weighted by Crippen LogP contribution is -2.13. The third-order valence-electron chi connectivity index (χ3n) is 1.95. The molecule has 0 saturated carbocycles. The van der Waals surface area contributed by atoms with Crippen molar-refractivity contribution in [3.05, 3.63) is 11.4 Å². The van der Waals surface area contributed by atoms with Gasteiger partial charge in [0.1, 0.15) is 16.7 Å². The van der Waals surface area contributed by atoms with Crippen LogP contribution < -0.4 is 11.3 Å². The Bertz CT molecular complexity index is 338. The molecule has 1 aromatic heterocycles. The maximum absolute atomic E-state index is 5.42. The van der Waals surface area contributed by atoms with E-state index < -0.39 is 0 Å². The van der Waals surface area contributed by atoms with Crippen LogP contribution in [0.1, 0.15) is 32.2 Å². The summed E-state index contributed by atoms with van der Waals surface area (Å²) >= 11 is 1.74. The van der Waals surface area contributed by atoms with Crippen molar-refractivity contribution in [2.45, 2.75) is 44.4 Å². The Morgan fingerprint density at radius 1 is 1.40 bits per heavy atom. The van der Waals surface area contributed by atoms with Gasteiger partial charge in [-0.15, -0.1) is 11.8 Å². The van der Waals surface area contributed by atoms with Crippen LogP contribution in [0.25, 0.3) is 0 Å². The average molecular weight is 226 g/mol. The second-order valence-electron chi connectivity index (χ2n) is 3.58. The third-order valence-corrected chi connectivity index (χ3v) is 3.04. The normalized spacial score (nSPS) is 10.8. The number of rotatable bonds is 4. The molecule has 0 amide bonds. The molecule has 0 spiro atoms. The Kier molecular flexibility index (Phi) is 4.35. The first kappa shape index (κ1) is 12.3. The van der Waals surface area contributed by atoms with Gasteiger partial charge in [0, 0.05) is 17.2 Å². The van der Waals surface area contributed by atoms with Gasteiger partial charge in [-0.25, -0.2) is 15.8 Å². The minimum Gasteiger partial charge on any atom is -0.308 e. The van der Waals surface area contributed by atoms with E-state index in [0.717, 1.165) is 28.7 Å². The number of thioether (sulfide) groups is 1. The van der Waals surface area contributed by atoms with E-state index in [2.05, 4.69) is 29.2 Å². The number of nitrogens with one attached hydrogen (secondary N) is 1. The Hall–Kier alpha value is -0.810. The first-order chi connectivity index (χ1) is 7.08. The minimum absolute atomic E-state index is 0.508. The molecule has 0 aliphatic carbocycles. The lowest BCUT2D eigenvalue weighted by molar-refractivity contribution is 0.869. The Labute approximate surface area is 95.0 Å². The van der Waals surface area contributed by atoms with E-state index in [1.54, 1.807) is 11.8 Å². The zero-order valence-corrected chi connectivity index (χ0v) is 10.5. The minimum atomic E-state index is 0.508. The number of aromatic nitrogens is 2. The molecule has 0 aliphatic rings. The summed E-state index contributed by atoms with van der Waals surface area (Å²) in [4.78, 5) is 8.81. The van der Waals surface area contributed by atoms with Crippen molar-refractivity contribution >= 4 is 17.6 Å². The summed E-state index contributed by atoms with van der Waals surface area (Å²) in [6, 6.07) is 0. The van der Waals surface area contributed by atoms with Crippen LogP contribution in [0.3, 0.4) is 0 Å². The summed E-state index contributed by atoms with van der Waals surface area (Å²) in [7, 11) is 0. The van der Waals surface area contributed by atoms with Crippen molar-refractivity contribution in [1.82, 2.24) is 9.97 Å². The van der Waals surface area contributed by atoms with Crippen molar-refractivity contribution in [2.24, 2.45) is 5.84 Å². The Balaban J connectivity index is 3.12. The van der Waals surface area contributed by atoms with E-state index in [9.17, 15) is 0 Å². The highest BCUT2D eigenvalue weighted by molar-refractivity contribution is 7.99. The number of hydrogen-bond acceptors (Lipinski definition) is 5. The van der Waals surface area contributed by atoms with Crippen LogP contribution >= 0.6 is 11.8 Å². The van der Waals surface area contributed by atoms with Crippen molar-refractivity contribution in [3.8, 4) is 0 Å². The van der Waals surface area contributed by atoms with E-state index in [1.807, 2.05) is 13.8 Å². The van der Waals surface area contributed by atoms with Crippen LogP contribution in [0.4, 0.5) is 5.82 Å². The predicted molar refractivity (Wildman–Crippen MR) is 65.0 cm³/mol. The topological polar surface area (TPSA) is 63.8 Å². The van der Waals surface area contributed by atoms with E-state index in [0.29, 0.717) is 5.25 Å². The maximum Gasteiger partial charge on any atom is 0.147 e. The molecule has 3 N–H and O–H groups in total. The van der Waals surface area contributed by atoms with Gasteiger partial charge in [0.25, 0.3) is 0 Å². The lowest BCUT2D eigenvalue weighted by Gasteiger charge is -2.12. The number of hydrogen-bond donors (Lipinski definition) is 2. The summed E-state index contributed by atoms with van der Waals surface area (Å²) in [5.41, 5.74) is 3.64. The molecule has 0 atom stereocenters. The van der Waals surface area contributed by atoms with Crippen molar-refractivity contribution in [1.29, 1.82) is 0 Å². The highest BCUT2D eigenvalue weighted by atomic mass is 32.2. The number of aryl methyl sites for hydroxylation is 1. The van der Waals surface area contributed by atoms with Gasteiger partial charge in [-0.2, -0.15) is 0 Å². The van der Waals surface area contributed by atoms with E-state index in [-0.39, 0.29) is 0 Å². The zero-order chi connectivity index (χ0) is 11.4. The molecule has 4 nitrogen and oxygen atoms in total.